The van der Waals surface area contributed by atoms with E-state index in [1.165, 1.54) is 21.3 Å². The number of hydrogen-bond acceptors (Lipinski definition) is 9. The van der Waals surface area contributed by atoms with Crippen LogP contribution in [0.4, 0.5) is 0 Å². The Morgan fingerprint density at radius 1 is 1.09 bits per heavy atom. The van der Waals surface area contributed by atoms with Crippen LogP contribution in [0.5, 0.6) is 17.2 Å². The highest BCUT2D eigenvalue weighted by Gasteiger charge is 2.25. The Labute approximate surface area is 199 Å². The second-order valence-electron chi connectivity index (χ2n) is 7.81. The first-order valence-electron chi connectivity index (χ1n) is 11.3. The highest BCUT2D eigenvalue weighted by Crippen LogP contribution is 2.41. The highest BCUT2D eigenvalue weighted by molar-refractivity contribution is 5.81. The minimum Gasteiger partial charge on any atom is -0.493 e. The molecule has 34 heavy (non-hydrogen) atoms. The zero-order chi connectivity index (χ0) is 24.5. The maximum atomic E-state index is 12.9. The SMILES string of the molecule is CCOC(=O)CCC(=O)N(Cc1cc(-c2cc(OC)c(OC)c(OC)c2)on1)C[C@H]1CCCO1. The zero-order valence-corrected chi connectivity index (χ0v) is 20.1. The fourth-order valence-electron chi connectivity index (χ4n) is 3.83. The predicted molar refractivity (Wildman–Crippen MR) is 122 cm³/mol. The Morgan fingerprint density at radius 2 is 1.82 bits per heavy atom. The molecule has 2 heterocycles. The molecular formula is C24H32N2O8. The first kappa shape index (κ1) is 25.4. The molecule has 1 aromatic carbocycles. The summed E-state index contributed by atoms with van der Waals surface area (Å²) in [6.07, 6.45) is 1.91. The van der Waals surface area contributed by atoms with E-state index in [9.17, 15) is 9.59 Å². The number of nitrogens with zero attached hydrogens (tertiary/aromatic N) is 2. The van der Waals surface area contributed by atoms with Crippen LogP contribution >= 0.6 is 0 Å². The molecule has 186 valence electrons. The van der Waals surface area contributed by atoms with Gasteiger partial charge in [0.1, 0.15) is 5.69 Å². The van der Waals surface area contributed by atoms with Crippen LogP contribution in [0.15, 0.2) is 22.7 Å². The van der Waals surface area contributed by atoms with Crippen molar-refractivity contribution in [2.24, 2.45) is 0 Å². The van der Waals surface area contributed by atoms with Crippen LogP contribution in [0.2, 0.25) is 0 Å². The van der Waals surface area contributed by atoms with Gasteiger partial charge in [0.25, 0.3) is 0 Å². The van der Waals surface area contributed by atoms with Gasteiger partial charge in [-0.1, -0.05) is 5.16 Å². The Morgan fingerprint density at radius 3 is 2.41 bits per heavy atom. The summed E-state index contributed by atoms with van der Waals surface area (Å²) in [5.74, 6) is 1.39. The van der Waals surface area contributed by atoms with Crippen LogP contribution in [0, 0.1) is 0 Å². The van der Waals surface area contributed by atoms with Gasteiger partial charge in [-0.3, -0.25) is 9.59 Å². The molecule has 0 radical (unpaired) electrons. The van der Waals surface area contributed by atoms with Gasteiger partial charge in [0.05, 0.1) is 47.0 Å². The Kier molecular flexibility index (Phi) is 9.15. The van der Waals surface area contributed by atoms with Crippen molar-refractivity contribution < 1.29 is 37.8 Å². The smallest absolute Gasteiger partial charge is 0.306 e. The van der Waals surface area contributed by atoms with Gasteiger partial charge >= 0.3 is 5.97 Å². The molecule has 1 amide bonds. The van der Waals surface area contributed by atoms with E-state index in [1.54, 1.807) is 30.0 Å². The van der Waals surface area contributed by atoms with Crippen molar-refractivity contribution in [1.82, 2.24) is 10.1 Å². The monoisotopic (exact) mass is 476 g/mol. The lowest BCUT2D eigenvalue weighted by molar-refractivity contribution is -0.146. The summed E-state index contributed by atoms with van der Waals surface area (Å²) in [6.45, 7) is 3.36. The molecule has 0 unspecified atom stereocenters. The predicted octanol–water partition coefficient (Wildman–Crippen LogP) is 3.22. The summed E-state index contributed by atoms with van der Waals surface area (Å²) < 4.78 is 32.4. The Balaban J connectivity index is 1.76. The summed E-state index contributed by atoms with van der Waals surface area (Å²) in [5.41, 5.74) is 1.26. The molecule has 1 atom stereocenters. The molecule has 10 nitrogen and oxygen atoms in total. The second-order valence-corrected chi connectivity index (χ2v) is 7.81. The standard InChI is InChI=1S/C24H32N2O8/c1-5-32-23(28)9-8-22(27)26(15-18-7-6-10-33-18)14-17-13-19(34-25-17)16-11-20(29-2)24(31-4)21(12-16)30-3/h11-13,18H,5-10,14-15H2,1-4H3/t18-/m1/s1. The lowest BCUT2D eigenvalue weighted by Crippen LogP contribution is -2.37. The van der Waals surface area contributed by atoms with E-state index in [0.717, 1.165) is 12.8 Å². The summed E-state index contributed by atoms with van der Waals surface area (Å²) in [4.78, 5) is 26.3. The molecule has 1 saturated heterocycles. The molecule has 0 saturated carbocycles. The van der Waals surface area contributed by atoms with Gasteiger partial charge in [0, 0.05) is 31.2 Å². The third kappa shape index (κ3) is 6.40. The Bertz CT molecular complexity index is 943. The third-order valence-corrected chi connectivity index (χ3v) is 5.51. The van der Waals surface area contributed by atoms with Crippen LogP contribution in [0.25, 0.3) is 11.3 Å². The molecule has 0 bridgehead atoms. The number of rotatable bonds is 12. The van der Waals surface area contributed by atoms with E-state index in [0.29, 0.717) is 47.4 Å². The number of hydrogen-bond donors (Lipinski definition) is 0. The van der Waals surface area contributed by atoms with Gasteiger partial charge < -0.3 is 33.1 Å². The number of esters is 1. The molecular weight excluding hydrogens is 444 g/mol. The van der Waals surface area contributed by atoms with Crippen molar-refractivity contribution in [3.63, 3.8) is 0 Å². The zero-order valence-electron chi connectivity index (χ0n) is 20.1. The molecule has 3 rings (SSSR count). The quantitative estimate of drug-likeness (QED) is 0.427. The molecule has 1 aliphatic rings. The van der Waals surface area contributed by atoms with E-state index in [-0.39, 0.29) is 44.0 Å². The van der Waals surface area contributed by atoms with Crippen LogP contribution in [0.3, 0.4) is 0 Å². The van der Waals surface area contributed by atoms with Gasteiger partial charge in [-0.25, -0.2) is 0 Å². The van der Waals surface area contributed by atoms with Crippen molar-refractivity contribution in [3.8, 4) is 28.6 Å². The maximum absolute atomic E-state index is 12.9. The highest BCUT2D eigenvalue weighted by atomic mass is 16.5. The molecule has 10 heteroatoms. The van der Waals surface area contributed by atoms with E-state index >= 15 is 0 Å². The van der Waals surface area contributed by atoms with Gasteiger partial charge in [0.2, 0.25) is 11.7 Å². The summed E-state index contributed by atoms with van der Waals surface area (Å²) in [5, 5.41) is 4.15. The minimum absolute atomic E-state index is 0.0319. The van der Waals surface area contributed by atoms with Gasteiger partial charge in [-0.2, -0.15) is 0 Å². The van der Waals surface area contributed by atoms with Crippen LogP contribution < -0.4 is 14.2 Å². The number of aromatic nitrogens is 1. The molecule has 0 N–H and O–H groups in total. The number of carbonyl (C=O) groups is 2. The molecule has 2 aromatic rings. The van der Waals surface area contributed by atoms with E-state index < -0.39 is 0 Å². The van der Waals surface area contributed by atoms with Crippen molar-refractivity contribution in [3.05, 3.63) is 23.9 Å². The van der Waals surface area contributed by atoms with E-state index in [1.807, 2.05) is 0 Å². The fourth-order valence-corrected chi connectivity index (χ4v) is 3.83. The van der Waals surface area contributed by atoms with Gasteiger partial charge in [-0.15, -0.1) is 0 Å². The lowest BCUT2D eigenvalue weighted by Gasteiger charge is -2.24. The first-order valence-corrected chi connectivity index (χ1v) is 11.3. The molecule has 0 aliphatic carbocycles. The molecule has 1 fully saturated rings. The van der Waals surface area contributed by atoms with Gasteiger partial charge in [-0.05, 0) is 31.9 Å². The van der Waals surface area contributed by atoms with Gasteiger partial charge in [0.15, 0.2) is 17.3 Å². The van der Waals surface area contributed by atoms with Crippen molar-refractivity contribution in [2.75, 3.05) is 41.1 Å². The normalized spacial score (nSPS) is 15.1. The number of ether oxygens (including phenoxy) is 5. The van der Waals surface area contributed by atoms with Crippen LogP contribution in [-0.4, -0.2) is 69.1 Å². The number of benzene rings is 1. The maximum Gasteiger partial charge on any atom is 0.306 e. The Hall–Kier alpha value is -3.27. The topological polar surface area (TPSA) is 110 Å². The summed E-state index contributed by atoms with van der Waals surface area (Å²) in [6, 6.07) is 5.29. The summed E-state index contributed by atoms with van der Waals surface area (Å²) >= 11 is 0. The second kappa shape index (κ2) is 12.3. The van der Waals surface area contributed by atoms with Crippen LogP contribution in [0.1, 0.15) is 38.3 Å². The molecule has 1 aromatic heterocycles. The van der Waals surface area contributed by atoms with Crippen molar-refractivity contribution in [2.45, 2.75) is 45.3 Å². The van der Waals surface area contributed by atoms with E-state index in [2.05, 4.69) is 5.16 Å². The number of amides is 1. The molecule has 1 aliphatic heterocycles. The lowest BCUT2D eigenvalue weighted by atomic mass is 10.1. The van der Waals surface area contributed by atoms with Crippen molar-refractivity contribution >= 4 is 11.9 Å². The fraction of sp³-hybridized carbons (Fsp3) is 0.542. The molecule has 0 spiro atoms. The number of methoxy groups -OCH3 is 3. The minimum atomic E-state index is -0.390. The average molecular weight is 477 g/mol. The largest absolute Gasteiger partial charge is 0.493 e. The number of carbonyl (C=O) groups excluding carboxylic acids is 2. The van der Waals surface area contributed by atoms with Crippen molar-refractivity contribution in [1.29, 1.82) is 0 Å². The third-order valence-electron chi connectivity index (χ3n) is 5.51. The van der Waals surface area contributed by atoms with E-state index in [4.69, 9.17) is 28.2 Å². The summed E-state index contributed by atoms with van der Waals surface area (Å²) in [7, 11) is 4.61. The average Bonchev–Trinajstić information content (AvgIpc) is 3.53. The van der Waals surface area contributed by atoms with Crippen LogP contribution in [-0.2, 0) is 25.6 Å². The first-order chi connectivity index (χ1) is 16.5.